The van der Waals surface area contributed by atoms with Gasteiger partial charge in [0, 0.05) is 25.2 Å². The fourth-order valence-corrected chi connectivity index (χ4v) is 5.93. The maximum absolute atomic E-state index is 13.7. The number of hydrogen-bond donors (Lipinski definition) is 2. The molecule has 2 amide bonds. The normalized spacial score (nSPS) is 18.2. The highest BCUT2D eigenvalue weighted by atomic mass is 32.2. The Morgan fingerprint density at radius 1 is 1.12 bits per heavy atom. The summed E-state index contributed by atoms with van der Waals surface area (Å²) >= 11 is 0. The highest BCUT2D eigenvalue weighted by Gasteiger charge is 2.35. The van der Waals surface area contributed by atoms with Crippen LogP contribution < -0.4 is 10.1 Å². The molecular weight excluding hydrogens is 542 g/mol. The van der Waals surface area contributed by atoms with Crippen LogP contribution in [0.2, 0.25) is 0 Å². The lowest BCUT2D eigenvalue weighted by Crippen LogP contribution is -2.50. The molecule has 3 atom stereocenters. The van der Waals surface area contributed by atoms with Crippen LogP contribution in [0.25, 0.3) is 0 Å². The second-order valence-electron chi connectivity index (χ2n) is 10.6. The molecule has 0 fully saturated rings. The van der Waals surface area contributed by atoms with E-state index in [1.54, 1.807) is 54.3 Å². The van der Waals surface area contributed by atoms with Crippen LogP contribution in [0.15, 0.2) is 77.7 Å². The summed E-state index contributed by atoms with van der Waals surface area (Å²) in [7, 11) is -2.27. The fourth-order valence-electron chi connectivity index (χ4n) is 4.75. The molecule has 4 rings (SSSR count). The molecule has 218 valence electrons. The lowest BCUT2D eigenvalue weighted by atomic mass is 9.99. The van der Waals surface area contributed by atoms with E-state index >= 15 is 0 Å². The highest BCUT2D eigenvalue weighted by Crippen LogP contribution is 2.31. The molecule has 1 aliphatic heterocycles. The lowest BCUT2D eigenvalue weighted by Gasteiger charge is -2.38. The van der Waals surface area contributed by atoms with Crippen molar-refractivity contribution in [3.8, 4) is 5.75 Å². The average Bonchev–Trinajstić information content (AvgIpc) is 2.95. The van der Waals surface area contributed by atoms with Crippen LogP contribution in [0, 0.1) is 12.8 Å². The number of hydrogen-bond acceptors (Lipinski definition) is 6. The van der Waals surface area contributed by atoms with Gasteiger partial charge < -0.3 is 20.1 Å². The zero-order valence-electron chi connectivity index (χ0n) is 23.8. The largest absolute Gasteiger partial charge is 0.488 e. The minimum absolute atomic E-state index is 0.0436. The third-order valence-corrected chi connectivity index (χ3v) is 9.16. The number of carbonyl (C=O) groups is 2. The van der Waals surface area contributed by atoms with Gasteiger partial charge in [0.2, 0.25) is 15.9 Å². The Kier molecular flexibility index (Phi) is 9.47. The number of carbonyl (C=O) groups excluding carboxylic acids is 2. The topological polar surface area (TPSA) is 116 Å². The number of sulfonamides is 1. The van der Waals surface area contributed by atoms with Gasteiger partial charge in [-0.1, -0.05) is 55.0 Å². The van der Waals surface area contributed by atoms with Gasteiger partial charge in [-0.2, -0.15) is 4.31 Å². The molecule has 0 saturated carbocycles. The summed E-state index contributed by atoms with van der Waals surface area (Å²) in [5.41, 5.74) is 2.48. The molecule has 3 aromatic rings. The van der Waals surface area contributed by atoms with Crippen LogP contribution in [0.4, 0.5) is 5.69 Å². The van der Waals surface area contributed by atoms with Crippen molar-refractivity contribution in [2.24, 2.45) is 5.92 Å². The third kappa shape index (κ3) is 7.13. The van der Waals surface area contributed by atoms with Gasteiger partial charge in [-0.25, -0.2) is 8.42 Å². The van der Waals surface area contributed by atoms with E-state index in [1.165, 1.54) is 11.4 Å². The Bertz CT molecular complexity index is 1480. The summed E-state index contributed by atoms with van der Waals surface area (Å²) in [5, 5.41) is 12.8. The van der Waals surface area contributed by atoms with E-state index in [0.29, 0.717) is 5.69 Å². The number of anilines is 1. The molecule has 1 heterocycles. The molecule has 0 aliphatic carbocycles. The minimum Gasteiger partial charge on any atom is -0.488 e. The maximum atomic E-state index is 13.7. The first-order chi connectivity index (χ1) is 19.5. The van der Waals surface area contributed by atoms with Crippen LogP contribution in [-0.2, 0) is 21.2 Å². The minimum atomic E-state index is -3.78. The summed E-state index contributed by atoms with van der Waals surface area (Å²) in [4.78, 5) is 28.1. The number of likely N-dealkylation sites (N-methyl/N-ethyl adjacent to an activating group) is 1. The molecule has 41 heavy (non-hydrogen) atoms. The molecule has 0 bridgehead atoms. The van der Waals surface area contributed by atoms with Crippen molar-refractivity contribution in [3.63, 3.8) is 0 Å². The molecule has 3 aromatic carbocycles. The van der Waals surface area contributed by atoms with Gasteiger partial charge in [0.15, 0.2) is 0 Å². The van der Waals surface area contributed by atoms with E-state index in [2.05, 4.69) is 5.32 Å². The van der Waals surface area contributed by atoms with E-state index in [0.717, 1.165) is 11.1 Å². The summed E-state index contributed by atoms with van der Waals surface area (Å²) < 4.78 is 34.2. The van der Waals surface area contributed by atoms with Gasteiger partial charge in [0.05, 0.1) is 36.1 Å². The van der Waals surface area contributed by atoms with Gasteiger partial charge in [-0.3, -0.25) is 9.59 Å². The SMILES string of the molecule is Cc1ccc(S(=O)(=O)N(C)C[C@H]2Oc3ccc(NC(=O)Cc4ccccc4)cc3C(=O)N([C@@H](C)CO)C[C@@H]2C)cc1. The van der Waals surface area contributed by atoms with Crippen molar-refractivity contribution in [3.05, 3.63) is 89.5 Å². The number of aryl methyl sites for hydroxylation is 1. The molecule has 9 nitrogen and oxygen atoms in total. The van der Waals surface area contributed by atoms with Gasteiger partial charge in [0.1, 0.15) is 11.9 Å². The van der Waals surface area contributed by atoms with Crippen LogP contribution >= 0.6 is 0 Å². The Morgan fingerprint density at radius 2 is 1.80 bits per heavy atom. The molecule has 2 N–H and O–H groups in total. The van der Waals surface area contributed by atoms with Crippen molar-refractivity contribution in [2.75, 3.05) is 32.1 Å². The Balaban J connectivity index is 1.61. The average molecular weight is 580 g/mol. The number of rotatable bonds is 9. The van der Waals surface area contributed by atoms with E-state index in [-0.39, 0.29) is 60.1 Å². The Labute approximate surface area is 241 Å². The van der Waals surface area contributed by atoms with Crippen LogP contribution in [0.5, 0.6) is 5.75 Å². The molecule has 0 aromatic heterocycles. The molecule has 0 radical (unpaired) electrons. The molecule has 0 spiro atoms. The summed E-state index contributed by atoms with van der Waals surface area (Å²) in [5.74, 6) is -0.553. The van der Waals surface area contributed by atoms with Crippen molar-refractivity contribution in [1.29, 1.82) is 0 Å². The number of nitrogens with zero attached hydrogens (tertiary/aromatic N) is 2. The first-order valence-corrected chi connectivity index (χ1v) is 15.0. The highest BCUT2D eigenvalue weighted by molar-refractivity contribution is 7.89. The van der Waals surface area contributed by atoms with Crippen molar-refractivity contribution in [2.45, 2.75) is 44.2 Å². The second-order valence-corrected chi connectivity index (χ2v) is 12.7. The van der Waals surface area contributed by atoms with Gasteiger partial charge in [-0.15, -0.1) is 0 Å². The van der Waals surface area contributed by atoms with Crippen molar-refractivity contribution < 1.29 is 27.9 Å². The van der Waals surface area contributed by atoms with Crippen LogP contribution in [-0.4, -0.2) is 73.4 Å². The fraction of sp³-hybridized carbons (Fsp3) is 0.355. The number of aliphatic hydroxyl groups excluding tert-OH is 1. The van der Waals surface area contributed by atoms with Crippen LogP contribution in [0.3, 0.4) is 0 Å². The van der Waals surface area contributed by atoms with Crippen molar-refractivity contribution in [1.82, 2.24) is 9.21 Å². The van der Waals surface area contributed by atoms with E-state index in [1.807, 2.05) is 44.2 Å². The van der Waals surface area contributed by atoms with Gasteiger partial charge in [0.25, 0.3) is 5.91 Å². The smallest absolute Gasteiger partial charge is 0.258 e. The molecule has 1 aliphatic rings. The Morgan fingerprint density at radius 3 is 2.46 bits per heavy atom. The first kappa shape index (κ1) is 30.2. The van der Waals surface area contributed by atoms with E-state index in [4.69, 9.17) is 4.74 Å². The first-order valence-electron chi connectivity index (χ1n) is 13.6. The molecule has 0 saturated heterocycles. The van der Waals surface area contributed by atoms with Crippen LogP contribution in [0.1, 0.15) is 35.3 Å². The monoisotopic (exact) mass is 579 g/mol. The predicted octanol–water partition coefficient (Wildman–Crippen LogP) is 3.72. The number of aliphatic hydroxyl groups is 1. The van der Waals surface area contributed by atoms with Gasteiger partial charge in [-0.05, 0) is 49.7 Å². The van der Waals surface area contributed by atoms with Gasteiger partial charge >= 0.3 is 0 Å². The third-order valence-electron chi connectivity index (χ3n) is 7.32. The molecule has 0 unspecified atom stereocenters. The van der Waals surface area contributed by atoms with E-state index < -0.39 is 22.2 Å². The maximum Gasteiger partial charge on any atom is 0.258 e. The number of benzene rings is 3. The summed E-state index contributed by atoms with van der Waals surface area (Å²) in [6.07, 6.45) is -0.420. The lowest BCUT2D eigenvalue weighted by molar-refractivity contribution is -0.115. The standard InChI is InChI=1S/C31H37N3O6S/c1-21-10-13-26(14-11-21)41(38,39)33(4)19-29-22(2)18-34(23(3)20-35)31(37)27-17-25(12-15-28(27)40-29)32-30(36)16-24-8-6-5-7-9-24/h5-15,17,22-23,29,35H,16,18-20H2,1-4H3,(H,32,36)/t22-,23-,29+/m0/s1. The molecular formula is C31H37N3O6S. The zero-order chi connectivity index (χ0) is 29.7. The summed E-state index contributed by atoms with van der Waals surface area (Å²) in [6, 6.07) is 20.4. The predicted molar refractivity (Wildman–Crippen MR) is 157 cm³/mol. The number of ether oxygens (including phenoxy) is 1. The Hall–Kier alpha value is -3.73. The second kappa shape index (κ2) is 12.8. The van der Waals surface area contributed by atoms with Crippen molar-refractivity contribution >= 4 is 27.5 Å². The number of fused-ring (bicyclic) bond motifs is 1. The number of amides is 2. The number of nitrogens with one attached hydrogen (secondary N) is 1. The van der Waals surface area contributed by atoms with E-state index in [9.17, 15) is 23.1 Å². The quantitative estimate of drug-likeness (QED) is 0.399. The molecule has 10 heteroatoms. The summed E-state index contributed by atoms with van der Waals surface area (Å²) in [6.45, 7) is 5.58. The zero-order valence-corrected chi connectivity index (χ0v) is 24.6.